The molecule has 0 saturated carbocycles. The molecule has 1 aliphatic heterocycles. The van der Waals surface area contributed by atoms with E-state index in [0.29, 0.717) is 23.1 Å². The smallest absolute Gasteiger partial charge is 0.169 e. The molecule has 0 atom stereocenters. The van der Waals surface area contributed by atoms with Gasteiger partial charge in [-0.1, -0.05) is 24.4 Å². The Morgan fingerprint density at radius 1 is 1.14 bits per heavy atom. The average Bonchev–Trinajstić information content (AvgIpc) is 2.59. The SMILES string of the molecule is C/C(NNC(=S)c1cccnc1)=C1\COc2ccccc2O1. The van der Waals surface area contributed by atoms with Gasteiger partial charge >= 0.3 is 0 Å². The number of aromatic nitrogens is 1. The number of allylic oxidation sites excluding steroid dienone is 1. The number of nitrogens with one attached hydrogen (secondary N) is 2. The third kappa shape index (κ3) is 3.17. The van der Waals surface area contributed by atoms with Crippen molar-refractivity contribution in [2.45, 2.75) is 6.92 Å². The molecule has 0 spiro atoms. The first-order chi connectivity index (χ1) is 10.7. The summed E-state index contributed by atoms with van der Waals surface area (Å²) in [5.74, 6) is 2.16. The molecule has 5 nitrogen and oxygen atoms in total. The highest BCUT2D eigenvalue weighted by Gasteiger charge is 2.17. The highest BCUT2D eigenvalue weighted by Crippen LogP contribution is 2.32. The van der Waals surface area contributed by atoms with Crippen molar-refractivity contribution in [3.8, 4) is 11.5 Å². The van der Waals surface area contributed by atoms with Crippen molar-refractivity contribution in [1.82, 2.24) is 15.8 Å². The number of fused-ring (bicyclic) bond motifs is 1. The molecule has 0 bridgehead atoms. The van der Waals surface area contributed by atoms with Crippen LogP contribution >= 0.6 is 12.2 Å². The van der Waals surface area contributed by atoms with E-state index in [2.05, 4.69) is 15.8 Å². The molecular formula is C16H15N3O2S. The summed E-state index contributed by atoms with van der Waals surface area (Å²) in [4.78, 5) is 4.60. The van der Waals surface area contributed by atoms with Crippen LogP contribution in [0.15, 0.2) is 60.2 Å². The van der Waals surface area contributed by atoms with Crippen LogP contribution in [0.5, 0.6) is 11.5 Å². The Kier molecular flexibility index (Phi) is 4.20. The van der Waals surface area contributed by atoms with Gasteiger partial charge in [-0.25, -0.2) is 0 Å². The molecule has 2 aromatic rings. The topological polar surface area (TPSA) is 55.4 Å². The summed E-state index contributed by atoms with van der Waals surface area (Å²) in [6.07, 6.45) is 3.41. The number of para-hydroxylation sites is 2. The van der Waals surface area contributed by atoms with Gasteiger partial charge in [-0.3, -0.25) is 10.4 Å². The predicted octanol–water partition coefficient (Wildman–Crippen LogP) is 2.55. The van der Waals surface area contributed by atoms with Gasteiger partial charge in [-0.15, -0.1) is 0 Å². The number of nitrogens with zero attached hydrogens (tertiary/aromatic N) is 1. The number of thiocarbonyl (C=S) groups is 1. The summed E-state index contributed by atoms with van der Waals surface area (Å²) in [6.45, 7) is 2.27. The van der Waals surface area contributed by atoms with Gasteiger partial charge in [0.25, 0.3) is 0 Å². The van der Waals surface area contributed by atoms with Crippen molar-refractivity contribution in [3.05, 3.63) is 65.8 Å². The second-order valence-electron chi connectivity index (χ2n) is 4.71. The molecule has 2 N–H and O–H groups in total. The molecular weight excluding hydrogens is 298 g/mol. The van der Waals surface area contributed by atoms with Crippen molar-refractivity contribution in [3.63, 3.8) is 0 Å². The maximum atomic E-state index is 5.83. The minimum absolute atomic E-state index is 0.372. The molecule has 1 aromatic heterocycles. The minimum atomic E-state index is 0.372. The van der Waals surface area contributed by atoms with Crippen LogP contribution in [0.1, 0.15) is 12.5 Å². The molecule has 1 aromatic carbocycles. The molecule has 0 saturated heterocycles. The third-order valence-electron chi connectivity index (χ3n) is 3.15. The van der Waals surface area contributed by atoms with Gasteiger partial charge in [0.2, 0.25) is 0 Å². The summed E-state index contributed by atoms with van der Waals surface area (Å²) < 4.78 is 11.5. The van der Waals surface area contributed by atoms with Crippen LogP contribution in [0.3, 0.4) is 0 Å². The molecule has 0 amide bonds. The van der Waals surface area contributed by atoms with Crippen LogP contribution in [0.4, 0.5) is 0 Å². The second kappa shape index (κ2) is 6.44. The molecule has 0 unspecified atom stereocenters. The van der Waals surface area contributed by atoms with Crippen molar-refractivity contribution in [2.24, 2.45) is 0 Å². The van der Waals surface area contributed by atoms with E-state index in [4.69, 9.17) is 21.7 Å². The van der Waals surface area contributed by atoms with Crippen LogP contribution in [0, 0.1) is 0 Å². The normalized spacial score (nSPS) is 15.0. The highest BCUT2D eigenvalue weighted by molar-refractivity contribution is 7.80. The Morgan fingerprint density at radius 2 is 1.95 bits per heavy atom. The number of hydrazine groups is 1. The van der Waals surface area contributed by atoms with E-state index in [1.165, 1.54) is 0 Å². The first kappa shape index (κ1) is 14.3. The molecule has 2 heterocycles. The third-order valence-corrected chi connectivity index (χ3v) is 3.48. The monoisotopic (exact) mass is 313 g/mol. The number of hydrogen-bond donors (Lipinski definition) is 2. The first-order valence-electron chi connectivity index (χ1n) is 6.80. The Balaban J connectivity index is 1.65. The lowest BCUT2D eigenvalue weighted by Gasteiger charge is -2.22. The molecule has 0 fully saturated rings. The second-order valence-corrected chi connectivity index (χ2v) is 5.11. The van der Waals surface area contributed by atoms with E-state index in [9.17, 15) is 0 Å². The lowest BCUT2D eigenvalue weighted by molar-refractivity contribution is 0.226. The predicted molar refractivity (Wildman–Crippen MR) is 87.5 cm³/mol. The van der Waals surface area contributed by atoms with Crippen LogP contribution < -0.4 is 20.3 Å². The van der Waals surface area contributed by atoms with E-state index in [0.717, 1.165) is 17.0 Å². The lowest BCUT2D eigenvalue weighted by atomic mass is 10.3. The van der Waals surface area contributed by atoms with Crippen molar-refractivity contribution in [1.29, 1.82) is 0 Å². The highest BCUT2D eigenvalue weighted by atomic mass is 32.1. The first-order valence-corrected chi connectivity index (χ1v) is 7.20. The Bertz CT molecular complexity index is 716. The van der Waals surface area contributed by atoms with Crippen LogP contribution in [-0.4, -0.2) is 16.6 Å². The number of hydrogen-bond acceptors (Lipinski definition) is 5. The van der Waals surface area contributed by atoms with Gasteiger partial charge in [0.15, 0.2) is 17.3 Å². The van der Waals surface area contributed by atoms with E-state index in [1.54, 1.807) is 12.4 Å². The molecule has 112 valence electrons. The van der Waals surface area contributed by atoms with E-state index in [-0.39, 0.29) is 0 Å². The summed E-state index contributed by atoms with van der Waals surface area (Å²) in [5, 5.41) is 0. The van der Waals surface area contributed by atoms with E-state index < -0.39 is 0 Å². The Morgan fingerprint density at radius 3 is 2.73 bits per heavy atom. The fourth-order valence-electron chi connectivity index (χ4n) is 1.93. The van der Waals surface area contributed by atoms with E-state index in [1.807, 2.05) is 43.3 Å². The summed E-state index contributed by atoms with van der Waals surface area (Å²) in [5.41, 5.74) is 7.65. The maximum Gasteiger partial charge on any atom is 0.169 e. The fourth-order valence-corrected chi connectivity index (χ4v) is 2.11. The molecule has 6 heteroatoms. The molecule has 3 rings (SSSR count). The van der Waals surface area contributed by atoms with Crippen molar-refractivity contribution < 1.29 is 9.47 Å². The maximum absolute atomic E-state index is 5.83. The summed E-state index contributed by atoms with van der Waals surface area (Å²) in [6, 6.07) is 11.3. The van der Waals surface area contributed by atoms with Gasteiger partial charge in [0.05, 0.1) is 5.70 Å². The largest absolute Gasteiger partial charge is 0.482 e. The van der Waals surface area contributed by atoms with Gasteiger partial charge < -0.3 is 14.9 Å². The van der Waals surface area contributed by atoms with E-state index >= 15 is 0 Å². The van der Waals surface area contributed by atoms with Crippen molar-refractivity contribution >= 4 is 17.2 Å². The minimum Gasteiger partial charge on any atom is -0.482 e. The molecule has 1 aliphatic rings. The van der Waals surface area contributed by atoms with Gasteiger partial charge in [0.1, 0.15) is 11.6 Å². The van der Waals surface area contributed by atoms with Crippen molar-refractivity contribution in [2.75, 3.05) is 6.61 Å². The molecule has 22 heavy (non-hydrogen) atoms. The summed E-state index contributed by atoms with van der Waals surface area (Å²) in [7, 11) is 0. The molecule has 0 radical (unpaired) electrons. The van der Waals surface area contributed by atoms with Crippen LogP contribution in [0.25, 0.3) is 0 Å². The standard InChI is InChI=1S/C16H15N3O2S/c1-11(18-19-16(22)12-5-4-8-17-9-12)15-10-20-13-6-2-3-7-14(13)21-15/h2-9,18H,10H2,1H3,(H,19,22)/b15-11-. The zero-order chi connectivity index (χ0) is 15.4. The quantitative estimate of drug-likeness (QED) is 0.671. The van der Waals surface area contributed by atoms with Gasteiger partial charge in [-0.2, -0.15) is 0 Å². The van der Waals surface area contributed by atoms with Crippen LogP contribution in [0.2, 0.25) is 0 Å². The van der Waals surface area contributed by atoms with Gasteiger partial charge in [0, 0.05) is 18.0 Å². The number of ether oxygens (including phenoxy) is 2. The number of benzene rings is 1. The Labute approximate surface area is 133 Å². The van der Waals surface area contributed by atoms with Crippen LogP contribution in [-0.2, 0) is 0 Å². The zero-order valence-corrected chi connectivity index (χ0v) is 12.8. The number of rotatable bonds is 3. The van der Waals surface area contributed by atoms with Gasteiger partial charge in [-0.05, 0) is 31.2 Å². The summed E-state index contributed by atoms with van der Waals surface area (Å²) >= 11 is 5.30. The fraction of sp³-hybridized carbons (Fsp3) is 0.125. The number of pyridine rings is 1. The average molecular weight is 313 g/mol. The Hall–Kier alpha value is -2.60. The lowest BCUT2D eigenvalue weighted by Crippen LogP contribution is -2.37. The molecule has 0 aliphatic carbocycles. The zero-order valence-electron chi connectivity index (χ0n) is 12.0.